The maximum absolute atomic E-state index is 16.0. The van der Waals surface area contributed by atoms with Gasteiger partial charge < -0.3 is 0 Å². The summed E-state index contributed by atoms with van der Waals surface area (Å²) in [5.41, 5.74) is 0.495. The summed E-state index contributed by atoms with van der Waals surface area (Å²) in [6.07, 6.45) is 4.28. The van der Waals surface area contributed by atoms with Crippen LogP contribution in [-0.2, 0) is 9.84 Å². The highest BCUT2D eigenvalue weighted by atomic mass is 35.5. The van der Waals surface area contributed by atoms with Gasteiger partial charge in [-0.25, -0.2) is 22.2 Å². The summed E-state index contributed by atoms with van der Waals surface area (Å²) >= 11 is 6.52. The van der Waals surface area contributed by atoms with E-state index in [1.54, 1.807) is 26.0 Å². The molecule has 0 amide bonds. The minimum Gasteiger partial charge on any atom is -0.277 e. The molecule has 196 valence electrons. The molecular formula is C27H21ClF3N3O3S. The van der Waals surface area contributed by atoms with E-state index in [-0.39, 0.29) is 28.1 Å². The molecule has 0 unspecified atom stereocenters. The zero-order valence-corrected chi connectivity index (χ0v) is 22.0. The minimum atomic E-state index is -3.92. The van der Waals surface area contributed by atoms with Crippen molar-refractivity contribution in [3.8, 4) is 16.9 Å². The molecule has 0 radical (unpaired) electrons. The topological polar surface area (TPSA) is 81.9 Å². The molecule has 3 aromatic heterocycles. The monoisotopic (exact) mass is 559 g/mol. The van der Waals surface area contributed by atoms with Gasteiger partial charge in [-0.2, -0.15) is 4.39 Å². The van der Waals surface area contributed by atoms with Crippen LogP contribution in [-0.4, -0.2) is 29.2 Å². The zero-order chi connectivity index (χ0) is 27.5. The molecule has 1 fully saturated rings. The maximum Gasteiger partial charge on any atom is 0.274 e. The molecule has 1 aliphatic carbocycles. The van der Waals surface area contributed by atoms with Gasteiger partial charge >= 0.3 is 0 Å². The number of pyridine rings is 3. The summed E-state index contributed by atoms with van der Waals surface area (Å²) in [5, 5.41) is -0.0828. The second-order valence-corrected chi connectivity index (χ2v) is 11.8. The second-order valence-electron chi connectivity index (χ2n) is 9.40. The van der Waals surface area contributed by atoms with Gasteiger partial charge in [-0.15, -0.1) is 0 Å². The zero-order valence-electron chi connectivity index (χ0n) is 20.5. The molecule has 1 saturated carbocycles. The molecule has 0 aliphatic heterocycles. The molecule has 4 aromatic rings. The van der Waals surface area contributed by atoms with Crippen LogP contribution in [0.25, 0.3) is 16.9 Å². The predicted octanol–water partition coefficient (Wildman–Crippen LogP) is 5.66. The van der Waals surface area contributed by atoms with Crippen molar-refractivity contribution in [2.75, 3.05) is 6.26 Å². The van der Waals surface area contributed by atoms with Crippen LogP contribution in [0.5, 0.6) is 0 Å². The summed E-state index contributed by atoms with van der Waals surface area (Å²) in [7, 11) is -3.92. The Morgan fingerprint density at radius 3 is 2.39 bits per heavy atom. The lowest BCUT2D eigenvalue weighted by molar-refractivity contribution is 0.568. The summed E-state index contributed by atoms with van der Waals surface area (Å²) in [4.78, 5) is 20.6. The van der Waals surface area contributed by atoms with E-state index in [2.05, 4.69) is 9.97 Å². The smallest absolute Gasteiger partial charge is 0.274 e. The lowest BCUT2D eigenvalue weighted by Crippen LogP contribution is -2.24. The third-order valence-electron chi connectivity index (χ3n) is 6.75. The molecule has 3 heterocycles. The fourth-order valence-corrected chi connectivity index (χ4v) is 5.84. The van der Waals surface area contributed by atoms with E-state index in [1.807, 2.05) is 0 Å². The number of halogens is 4. The summed E-state index contributed by atoms with van der Waals surface area (Å²) < 4.78 is 69.4. The first-order chi connectivity index (χ1) is 17.9. The van der Waals surface area contributed by atoms with Crippen LogP contribution >= 0.6 is 11.6 Å². The van der Waals surface area contributed by atoms with Crippen LogP contribution in [0, 0.1) is 31.4 Å². The van der Waals surface area contributed by atoms with Crippen LogP contribution in [0.2, 0.25) is 5.02 Å². The Hall–Kier alpha value is -3.50. The number of aryl methyl sites for hydroxylation is 2. The Labute approximate surface area is 221 Å². The molecule has 6 nitrogen and oxygen atoms in total. The van der Waals surface area contributed by atoms with Crippen molar-refractivity contribution in [2.45, 2.75) is 37.0 Å². The quantitative estimate of drug-likeness (QED) is 0.295. The van der Waals surface area contributed by atoms with Crippen molar-refractivity contribution in [3.05, 3.63) is 104 Å². The second kappa shape index (κ2) is 9.36. The van der Waals surface area contributed by atoms with E-state index < -0.39 is 43.6 Å². The van der Waals surface area contributed by atoms with Crippen molar-refractivity contribution < 1.29 is 21.6 Å². The summed E-state index contributed by atoms with van der Waals surface area (Å²) in [6, 6.07) is 8.22. The molecule has 1 aliphatic rings. The Bertz CT molecular complexity index is 1770. The third kappa shape index (κ3) is 4.41. The number of hydrogen-bond donors (Lipinski definition) is 0. The van der Waals surface area contributed by atoms with Crippen LogP contribution in [0.15, 0.2) is 58.5 Å². The Morgan fingerprint density at radius 2 is 1.74 bits per heavy atom. The van der Waals surface area contributed by atoms with Gasteiger partial charge in [-0.3, -0.25) is 14.3 Å². The normalized spacial score (nSPS) is 17.0. The number of hydrogen-bond acceptors (Lipinski definition) is 5. The maximum atomic E-state index is 16.0. The van der Waals surface area contributed by atoms with E-state index in [0.29, 0.717) is 23.2 Å². The van der Waals surface area contributed by atoms with Gasteiger partial charge in [0, 0.05) is 29.9 Å². The first-order valence-electron chi connectivity index (χ1n) is 11.6. The van der Waals surface area contributed by atoms with Gasteiger partial charge in [0.1, 0.15) is 15.6 Å². The third-order valence-corrected chi connectivity index (χ3v) is 8.24. The van der Waals surface area contributed by atoms with Gasteiger partial charge in [-0.05, 0) is 73.1 Å². The highest BCUT2D eigenvalue weighted by molar-refractivity contribution is 7.90. The highest BCUT2D eigenvalue weighted by Gasteiger charge is 2.42. The van der Waals surface area contributed by atoms with E-state index in [1.165, 1.54) is 30.6 Å². The van der Waals surface area contributed by atoms with Crippen molar-refractivity contribution in [1.29, 1.82) is 0 Å². The van der Waals surface area contributed by atoms with Crippen molar-refractivity contribution in [3.63, 3.8) is 0 Å². The average Bonchev–Trinajstić information content (AvgIpc) is 3.64. The molecule has 0 spiro atoms. The molecule has 38 heavy (non-hydrogen) atoms. The van der Waals surface area contributed by atoms with Gasteiger partial charge in [0.2, 0.25) is 5.95 Å². The van der Waals surface area contributed by atoms with Crippen molar-refractivity contribution >= 4 is 21.4 Å². The van der Waals surface area contributed by atoms with Gasteiger partial charge in [0.15, 0.2) is 21.5 Å². The molecule has 5 rings (SSSR count). The number of aromatic nitrogens is 3. The van der Waals surface area contributed by atoms with Crippen molar-refractivity contribution in [1.82, 2.24) is 14.5 Å². The van der Waals surface area contributed by atoms with Gasteiger partial charge in [0.25, 0.3) is 5.56 Å². The SMILES string of the molecule is Cc1cnc(-c2cccc(S(C)(=O)=O)c2F)c(F)c1-n1c(C)cc([C@H]2C[C@@H]2c2ccc(F)nc2)c(Cl)c1=O. The average molecular weight is 560 g/mol. The first kappa shape index (κ1) is 26.1. The van der Waals surface area contributed by atoms with Crippen molar-refractivity contribution in [2.24, 2.45) is 0 Å². The van der Waals surface area contributed by atoms with E-state index in [0.717, 1.165) is 22.5 Å². The first-order valence-corrected chi connectivity index (χ1v) is 13.8. The van der Waals surface area contributed by atoms with E-state index >= 15 is 8.78 Å². The molecule has 2 atom stereocenters. The number of rotatable bonds is 5. The van der Waals surface area contributed by atoms with Crippen LogP contribution in [0.1, 0.15) is 40.6 Å². The number of nitrogens with zero attached hydrogens (tertiary/aromatic N) is 3. The van der Waals surface area contributed by atoms with Gasteiger partial charge in [-0.1, -0.05) is 23.7 Å². The summed E-state index contributed by atoms with van der Waals surface area (Å²) in [5.74, 6) is -2.78. The van der Waals surface area contributed by atoms with E-state index in [9.17, 15) is 17.6 Å². The lowest BCUT2D eigenvalue weighted by Gasteiger charge is -2.18. The fraction of sp³-hybridized carbons (Fsp3) is 0.222. The highest BCUT2D eigenvalue weighted by Crippen LogP contribution is 2.55. The molecule has 11 heteroatoms. The van der Waals surface area contributed by atoms with Crippen LogP contribution in [0.3, 0.4) is 0 Å². The van der Waals surface area contributed by atoms with Crippen LogP contribution in [0.4, 0.5) is 13.2 Å². The predicted molar refractivity (Wildman–Crippen MR) is 137 cm³/mol. The fourth-order valence-electron chi connectivity index (χ4n) is 4.80. The van der Waals surface area contributed by atoms with Gasteiger partial charge in [0.05, 0.1) is 5.69 Å². The Kier molecular flexibility index (Phi) is 6.43. The molecule has 0 N–H and O–H groups in total. The minimum absolute atomic E-state index is 0.0198. The molecule has 0 bridgehead atoms. The Balaban J connectivity index is 1.61. The summed E-state index contributed by atoms with van der Waals surface area (Å²) in [6.45, 7) is 3.17. The van der Waals surface area contributed by atoms with Crippen LogP contribution < -0.4 is 5.56 Å². The number of benzene rings is 1. The molecule has 1 aromatic carbocycles. The number of sulfone groups is 1. The standard InChI is InChI=1S/C27H21ClF3N3O3S/c1-13-11-33-25(16-5-4-6-20(23(16)30)38(3,36)37)24(31)26(13)34-14(2)9-19(22(28)27(34)35)18-10-17(18)15-7-8-21(29)32-12-15/h4-9,11-12,17-18H,10H2,1-3H3/t17-,18+/m1/s1. The Morgan fingerprint density at radius 1 is 1.00 bits per heavy atom. The molecule has 0 saturated heterocycles. The largest absolute Gasteiger partial charge is 0.277 e. The molecular weight excluding hydrogens is 539 g/mol. The lowest BCUT2D eigenvalue weighted by atomic mass is 10.0. The van der Waals surface area contributed by atoms with E-state index in [4.69, 9.17) is 11.6 Å².